The Kier molecular flexibility index (Phi) is 6.81. The molecule has 3 aliphatic rings. The van der Waals surface area contributed by atoms with Gasteiger partial charge in [0.1, 0.15) is 17.2 Å². The fraction of sp³-hybridized carbons (Fsp3) is 0.355. The van der Waals surface area contributed by atoms with E-state index in [2.05, 4.69) is 15.1 Å². The third kappa shape index (κ3) is 4.78. The first-order valence-electron chi connectivity index (χ1n) is 13.5. The summed E-state index contributed by atoms with van der Waals surface area (Å²) in [5.74, 6) is -1.73. The molecule has 0 bridgehead atoms. The lowest BCUT2D eigenvalue weighted by Crippen LogP contribution is -2.57. The minimum absolute atomic E-state index is 0.0526. The van der Waals surface area contributed by atoms with Crippen LogP contribution < -0.4 is 10.2 Å². The SMILES string of the molecule is O=C1OCC(C(c2ccc(F)cc2)c2ccc(F)cc2)C1CN1CCC2(CC1)C(=O)NCN2c1ccccc1. The maximum Gasteiger partial charge on any atom is 0.310 e. The zero-order valence-corrected chi connectivity index (χ0v) is 21.6. The molecule has 202 valence electrons. The molecule has 2 unspecified atom stereocenters. The van der Waals surface area contributed by atoms with Crippen LogP contribution in [0.3, 0.4) is 0 Å². The van der Waals surface area contributed by atoms with Gasteiger partial charge in [-0.05, 0) is 60.4 Å². The Balaban J connectivity index is 1.22. The van der Waals surface area contributed by atoms with Gasteiger partial charge in [-0.2, -0.15) is 0 Å². The van der Waals surface area contributed by atoms with Crippen molar-refractivity contribution in [3.05, 3.63) is 102 Å². The molecule has 1 spiro atoms. The first-order valence-corrected chi connectivity index (χ1v) is 13.5. The van der Waals surface area contributed by atoms with Crippen LogP contribution in [0.5, 0.6) is 0 Å². The Morgan fingerprint density at radius 2 is 1.46 bits per heavy atom. The van der Waals surface area contributed by atoms with E-state index in [1.807, 2.05) is 30.3 Å². The number of cyclic esters (lactones) is 1. The first-order chi connectivity index (χ1) is 18.9. The number of benzene rings is 3. The lowest BCUT2D eigenvalue weighted by atomic mass is 9.75. The molecule has 0 saturated carbocycles. The summed E-state index contributed by atoms with van der Waals surface area (Å²) in [5, 5.41) is 3.03. The predicted octanol–water partition coefficient (Wildman–Crippen LogP) is 4.31. The molecule has 3 fully saturated rings. The summed E-state index contributed by atoms with van der Waals surface area (Å²) in [6.45, 7) is 2.57. The molecule has 6 nitrogen and oxygen atoms in total. The number of amides is 1. The Bertz CT molecular complexity index is 1280. The number of para-hydroxylation sites is 1. The average molecular weight is 532 g/mol. The van der Waals surface area contributed by atoms with Gasteiger partial charge in [0.2, 0.25) is 5.91 Å². The van der Waals surface area contributed by atoms with E-state index in [9.17, 15) is 18.4 Å². The lowest BCUT2D eigenvalue weighted by Gasteiger charge is -2.44. The van der Waals surface area contributed by atoms with Gasteiger partial charge in [-0.3, -0.25) is 9.59 Å². The second-order valence-electron chi connectivity index (χ2n) is 10.7. The van der Waals surface area contributed by atoms with Crippen molar-refractivity contribution in [2.75, 3.05) is 37.8 Å². The molecule has 0 aliphatic carbocycles. The quantitative estimate of drug-likeness (QED) is 0.481. The molecule has 2 atom stereocenters. The molecule has 8 heteroatoms. The summed E-state index contributed by atoms with van der Waals surface area (Å²) in [5.41, 5.74) is 2.13. The third-order valence-electron chi connectivity index (χ3n) is 8.67. The fourth-order valence-corrected chi connectivity index (χ4v) is 6.56. The van der Waals surface area contributed by atoms with Crippen molar-refractivity contribution in [2.45, 2.75) is 24.3 Å². The highest BCUT2D eigenvalue weighted by Crippen LogP contribution is 2.42. The van der Waals surface area contributed by atoms with Gasteiger partial charge in [0, 0.05) is 37.2 Å². The number of ether oxygens (including phenoxy) is 1. The molecule has 0 radical (unpaired) electrons. The molecular formula is C31H31F2N3O3. The second-order valence-corrected chi connectivity index (χ2v) is 10.7. The number of nitrogens with zero attached hydrogens (tertiary/aromatic N) is 2. The maximum atomic E-state index is 13.8. The van der Waals surface area contributed by atoms with E-state index >= 15 is 0 Å². The smallest absolute Gasteiger partial charge is 0.310 e. The average Bonchev–Trinajstić information content (AvgIpc) is 3.47. The van der Waals surface area contributed by atoms with Crippen LogP contribution in [-0.4, -0.2) is 55.2 Å². The van der Waals surface area contributed by atoms with Crippen LogP contribution in [-0.2, 0) is 14.3 Å². The highest BCUT2D eigenvalue weighted by Gasteiger charge is 2.51. The number of esters is 1. The number of halogens is 2. The van der Waals surface area contributed by atoms with Gasteiger partial charge < -0.3 is 19.9 Å². The molecule has 39 heavy (non-hydrogen) atoms. The zero-order valence-electron chi connectivity index (χ0n) is 21.6. The van der Waals surface area contributed by atoms with Crippen LogP contribution in [0.4, 0.5) is 14.5 Å². The Morgan fingerprint density at radius 1 is 0.872 bits per heavy atom. The number of nitrogens with one attached hydrogen (secondary N) is 1. The van der Waals surface area contributed by atoms with E-state index in [1.54, 1.807) is 24.3 Å². The number of hydrogen-bond donors (Lipinski definition) is 1. The van der Waals surface area contributed by atoms with Crippen LogP contribution in [0.1, 0.15) is 29.9 Å². The molecule has 3 saturated heterocycles. The van der Waals surface area contributed by atoms with E-state index in [0.29, 0.717) is 39.1 Å². The minimum Gasteiger partial charge on any atom is -0.465 e. The molecule has 6 rings (SSSR count). The summed E-state index contributed by atoms with van der Waals surface area (Å²) >= 11 is 0. The Labute approximate surface area is 226 Å². The molecule has 3 aromatic carbocycles. The van der Waals surface area contributed by atoms with Crippen molar-refractivity contribution in [3.63, 3.8) is 0 Å². The summed E-state index contributed by atoms with van der Waals surface area (Å²) in [4.78, 5) is 30.5. The predicted molar refractivity (Wildman–Crippen MR) is 143 cm³/mol. The van der Waals surface area contributed by atoms with Gasteiger partial charge in [0.05, 0.1) is 19.2 Å². The van der Waals surface area contributed by atoms with E-state index in [-0.39, 0.29) is 42.0 Å². The van der Waals surface area contributed by atoms with Crippen molar-refractivity contribution in [3.8, 4) is 0 Å². The van der Waals surface area contributed by atoms with E-state index < -0.39 is 11.5 Å². The molecule has 1 amide bonds. The molecule has 3 aromatic rings. The number of carbonyl (C=O) groups is 2. The van der Waals surface area contributed by atoms with Gasteiger partial charge in [0.25, 0.3) is 0 Å². The fourth-order valence-electron chi connectivity index (χ4n) is 6.56. The van der Waals surface area contributed by atoms with Crippen molar-refractivity contribution < 1.29 is 23.1 Å². The van der Waals surface area contributed by atoms with Crippen LogP contribution in [0.2, 0.25) is 0 Å². The van der Waals surface area contributed by atoms with Crippen LogP contribution in [0.15, 0.2) is 78.9 Å². The summed E-state index contributed by atoms with van der Waals surface area (Å²) in [7, 11) is 0. The zero-order chi connectivity index (χ0) is 27.0. The number of anilines is 1. The molecule has 1 N–H and O–H groups in total. The van der Waals surface area contributed by atoms with Crippen molar-refractivity contribution in [1.82, 2.24) is 10.2 Å². The van der Waals surface area contributed by atoms with Gasteiger partial charge in [0.15, 0.2) is 0 Å². The van der Waals surface area contributed by atoms with Crippen LogP contribution in [0, 0.1) is 23.5 Å². The standard InChI is InChI=1S/C31H31F2N3O3/c32-23-10-6-21(7-11-23)28(22-8-12-24(33)13-9-22)27-19-39-29(37)26(27)18-35-16-14-31(15-17-35)30(38)34-20-36(31)25-4-2-1-3-5-25/h1-13,26-28H,14-20H2,(H,34,38). The minimum atomic E-state index is -0.599. The van der Waals surface area contributed by atoms with Gasteiger partial charge in [-0.15, -0.1) is 0 Å². The monoisotopic (exact) mass is 531 g/mol. The van der Waals surface area contributed by atoms with Crippen molar-refractivity contribution in [1.29, 1.82) is 0 Å². The maximum absolute atomic E-state index is 13.8. The third-order valence-corrected chi connectivity index (χ3v) is 8.67. The van der Waals surface area contributed by atoms with E-state index in [1.165, 1.54) is 24.3 Å². The number of hydrogen-bond acceptors (Lipinski definition) is 5. The normalized spacial score (nSPS) is 22.9. The highest BCUT2D eigenvalue weighted by molar-refractivity contribution is 5.93. The van der Waals surface area contributed by atoms with Crippen molar-refractivity contribution >= 4 is 17.6 Å². The van der Waals surface area contributed by atoms with Gasteiger partial charge in [-0.1, -0.05) is 42.5 Å². The van der Waals surface area contributed by atoms with Crippen LogP contribution >= 0.6 is 0 Å². The van der Waals surface area contributed by atoms with Crippen molar-refractivity contribution in [2.24, 2.45) is 11.8 Å². The molecular weight excluding hydrogens is 500 g/mol. The first kappa shape index (κ1) is 25.5. The summed E-state index contributed by atoms with van der Waals surface area (Å²) in [6, 6.07) is 22.5. The highest BCUT2D eigenvalue weighted by atomic mass is 19.1. The molecule has 0 aromatic heterocycles. The Hall–Kier alpha value is -3.78. The summed E-state index contributed by atoms with van der Waals surface area (Å²) in [6.07, 6.45) is 1.30. The van der Waals surface area contributed by atoms with Gasteiger partial charge in [-0.25, -0.2) is 8.78 Å². The van der Waals surface area contributed by atoms with Crippen LogP contribution in [0.25, 0.3) is 0 Å². The number of piperidine rings is 1. The largest absolute Gasteiger partial charge is 0.465 e. The lowest BCUT2D eigenvalue weighted by molar-refractivity contribution is -0.142. The number of carbonyl (C=O) groups excluding carboxylic acids is 2. The van der Waals surface area contributed by atoms with E-state index in [4.69, 9.17) is 4.74 Å². The Morgan fingerprint density at radius 3 is 2.05 bits per heavy atom. The topological polar surface area (TPSA) is 61.9 Å². The van der Waals surface area contributed by atoms with E-state index in [0.717, 1.165) is 16.8 Å². The summed E-state index contributed by atoms with van der Waals surface area (Å²) < 4.78 is 33.1. The number of rotatable bonds is 6. The number of likely N-dealkylation sites (tertiary alicyclic amines) is 1. The molecule has 3 heterocycles. The van der Waals surface area contributed by atoms with Gasteiger partial charge >= 0.3 is 5.97 Å². The molecule has 3 aliphatic heterocycles. The second kappa shape index (κ2) is 10.4.